The van der Waals surface area contributed by atoms with E-state index in [1.54, 1.807) is 33.9 Å². The number of carbonyl (C=O) groups is 5. The van der Waals surface area contributed by atoms with Crippen molar-refractivity contribution in [3.63, 3.8) is 0 Å². The van der Waals surface area contributed by atoms with Crippen molar-refractivity contribution in [1.82, 2.24) is 40.3 Å². The fourth-order valence-corrected chi connectivity index (χ4v) is 9.55. The third-order valence-corrected chi connectivity index (χ3v) is 13.7. The van der Waals surface area contributed by atoms with Crippen LogP contribution in [-0.2, 0) is 30.5 Å². The average Bonchev–Trinajstić information content (AvgIpc) is 3.97. The van der Waals surface area contributed by atoms with Gasteiger partial charge in [-0.05, 0) is 66.6 Å². The van der Waals surface area contributed by atoms with Crippen molar-refractivity contribution in [3.8, 4) is 16.2 Å². The summed E-state index contributed by atoms with van der Waals surface area (Å²) in [5.74, 6) is -1.42. The number of likely N-dealkylation sites (tertiary alicyclic amines) is 1. The predicted octanol–water partition coefficient (Wildman–Crippen LogP) is 6.61. The predicted molar refractivity (Wildman–Crippen MR) is 272 cm³/mol. The molecule has 0 saturated carbocycles. The molecule has 2 aliphatic heterocycles. The van der Waals surface area contributed by atoms with Gasteiger partial charge in [-0.3, -0.25) is 28.9 Å². The summed E-state index contributed by atoms with van der Waals surface area (Å²) in [5.41, 5.74) is 5.40. The van der Waals surface area contributed by atoms with Crippen molar-refractivity contribution in [1.29, 1.82) is 0 Å². The highest BCUT2D eigenvalue weighted by Gasteiger charge is 2.44. The summed E-state index contributed by atoms with van der Waals surface area (Å²) in [6, 6.07) is 13.6. The van der Waals surface area contributed by atoms with Crippen molar-refractivity contribution in [2.24, 2.45) is 5.41 Å². The van der Waals surface area contributed by atoms with Crippen molar-refractivity contribution in [2.75, 3.05) is 56.5 Å². The van der Waals surface area contributed by atoms with Gasteiger partial charge < -0.3 is 40.9 Å². The molecule has 71 heavy (non-hydrogen) atoms. The molecular weight excluding hydrogens is 951 g/mol. The first-order valence-electron chi connectivity index (χ1n) is 23.6. The van der Waals surface area contributed by atoms with E-state index in [4.69, 9.17) is 16.3 Å². The minimum absolute atomic E-state index is 0.0315. The minimum atomic E-state index is -0.971. The third kappa shape index (κ3) is 13.7. The van der Waals surface area contributed by atoms with Crippen LogP contribution in [0.25, 0.3) is 21.3 Å². The molecule has 5 N–H and O–H groups in total. The molecule has 0 spiro atoms. The molecule has 2 aliphatic rings. The smallest absolute Gasteiger partial charge is 0.247 e. The molecule has 0 radical (unpaired) electrons. The van der Waals surface area contributed by atoms with E-state index in [0.717, 1.165) is 27.8 Å². The maximum Gasteiger partial charge on any atom is 0.247 e. The Balaban J connectivity index is 0.838. The van der Waals surface area contributed by atoms with Crippen molar-refractivity contribution >= 4 is 80.6 Å². The standard InChI is InChI=1S/C51H60ClFN10O7S/c1-6-43(65)59-40-25-36-39(55-29-56-48(36)58-34-15-16-38(53)37(52)23-34)26-42(40)70-22-8-17-61-18-20-62(21-19-61)45(67)10-7-9-44(66)60-47(51(3,4)5)50(69)63-28-35(64)24-41(63)49(68)54-27-32-11-13-33(14-12-32)46-31(2)57-30-71-46/h6,11-16,23,25-26,29-30,35,41,47,64H,1,7-10,17-22,24,27-28H2,2-5H3,(H,54,68)(H,59,65)(H,60,66)(H,55,56,58)/t35-,41?,47-/m1/s1. The van der Waals surface area contributed by atoms with E-state index in [9.17, 15) is 33.5 Å². The largest absolute Gasteiger partial charge is 0.491 e. The molecule has 5 amide bonds. The number of hydrogen-bond acceptors (Lipinski definition) is 13. The van der Waals surface area contributed by atoms with Crippen LogP contribution < -0.4 is 26.0 Å². The summed E-state index contributed by atoms with van der Waals surface area (Å²) < 4.78 is 19.9. The molecule has 2 saturated heterocycles. The number of rotatable bonds is 19. The molecule has 2 fully saturated rings. The number of nitrogens with zero attached hydrogens (tertiary/aromatic N) is 6. The maximum atomic E-state index is 14.1. The van der Waals surface area contributed by atoms with E-state index in [2.05, 4.69) is 47.7 Å². The van der Waals surface area contributed by atoms with Gasteiger partial charge in [-0.2, -0.15) is 0 Å². The maximum absolute atomic E-state index is 14.1. The highest BCUT2D eigenvalue weighted by atomic mass is 35.5. The van der Waals surface area contributed by atoms with Crippen LogP contribution in [0.5, 0.6) is 5.75 Å². The molecule has 20 heteroatoms. The number of aryl methyl sites for hydroxylation is 1. The molecule has 3 atom stereocenters. The second kappa shape index (κ2) is 23.6. The van der Waals surface area contributed by atoms with Crippen LogP contribution in [0, 0.1) is 18.2 Å². The quantitative estimate of drug-likeness (QED) is 0.0437. The molecule has 1 unspecified atom stereocenters. The number of aromatic nitrogens is 3. The van der Waals surface area contributed by atoms with E-state index in [0.29, 0.717) is 86.0 Å². The fraction of sp³-hybridized carbons (Fsp3) is 0.412. The number of β-amino-alcohol motifs (C(OH)–C–C–N with tert-alkyl or cyclic N) is 1. The molecule has 7 rings (SSSR count). The zero-order valence-corrected chi connectivity index (χ0v) is 41.9. The monoisotopic (exact) mass is 1010 g/mol. The Labute approximate surface area is 421 Å². The van der Waals surface area contributed by atoms with Crippen LogP contribution in [0.3, 0.4) is 0 Å². The first-order chi connectivity index (χ1) is 34.0. The van der Waals surface area contributed by atoms with Gasteiger partial charge in [0, 0.05) is 82.2 Å². The van der Waals surface area contributed by atoms with Crippen LogP contribution in [0.1, 0.15) is 64.1 Å². The Morgan fingerprint density at radius 1 is 1.00 bits per heavy atom. The fourth-order valence-electron chi connectivity index (χ4n) is 8.56. The van der Waals surface area contributed by atoms with Gasteiger partial charge in [0.2, 0.25) is 29.5 Å². The van der Waals surface area contributed by atoms with Gasteiger partial charge in [0.25, 0.3) is 0 Å². The van der Waals surface area contributed by atoms with Gasteiger partial charge in [-0.25, -0.2) is 19.3 Å². The van der Waals surface area contributed by atoms with E-state index < -0.39 is 41.2 Å². The molecule has 4 heterocycles. The second-order valence-corrected chi connectivity index (χ2v) is 20.0. The molecule has 0 bridgehead atoms. The number of amides is 5. The number of piperazine rings is 1. The zero-order chi connectivity index (χ0) is 50.8. The first-order valence-corrected chi connectivity index (χ1v) is 24.8. The van der Waals surface area contributed by atoms with E-state index >= 15 is 0 Å². The second-order valence-electron chi connectivity index (χ2n) is 18.8. The molecule has 17 nitrogen and oxygen atoms in total. The summed E-state index contributed by atoms with van der Waals surface area (Å²) in [4.78, 5) is 86.1. The number of nitrogens with one attached hydrogen (secondary N) is 4. The van der Waals surface area contributed by atoms with E-state index in [-0.39, 0.29) is 55.1 Å². The Bertz CT molecular complexity index is 2740. The summed E-state index contributed by atoms with van der Waals surface area (Å²) in [7, 11) is 0. The number of thiazole rings is 1. The van der Waals surface area contributed by atoms with Crippen molar-refractivity contribution < 1.29 is 38.2 Å². The topological polar surface area (TPSA) is 211 Å². The van der Waals surface area contributed by atoms with Crippen molar-refractivity contribution in [2.45, 2.75) is 84.5 Å². The van der Waals surface area contributed by atoms with Crippen molar-refractivity contribution in [3.05, 3.63) is 101 Å². The minimum Gasteiger partial charge on any atom is -0.491 e. The normalized spacial score (nSPS) is 16.6. The lowest BCUT2D eigenvalue weighted by atomic mass is 9.85. The van der Waals surface area contributed by atoms with E-state index in [1.165, 1.54) is 29.4 Å². The first kappa shape index (κ1) is 52.3. The van der Waals surface area contributed by atoms with Gasteiger partial charge in [-0.1, -0.05) is 63.2 Å². The van der Waals surface area contributed by atoms with E-state index in [1.807, 2.05) is 52.0 Å². The summed E-state index contributed by atoms with van der Waals surface area (Å²) >= 11 is 7.54. The SMILES string of the molecule is C=CC(=O)Nc1cc2c(Nc3ccc(F)c(Cl)c3)ncnc2cc1OCCCN1CCN(C(=O)CCCC(=O)N[C@H](C(=O)N2C[C@H](O)CC2C(=O)NCc2ccc(-c3scnc3C)cc2)C(C)(C)C)CC1. The molecule has 5 aromatic rings. The Morgan fingerprint density at radius 3 is 2.45 bits per heavy atom. The number of halogens is 2. The zero-order valence-electron chi connectivity index (χ0n) is 40.3. The summed E-state index contributed by atoms with van der Waals surface area (Å²) in [6.45, 7) is 14.6. The van der Waals surface area contributed by atoms with Crippen LogP contribution in [0.15, 0.2) is 79.1 Å². The number of aliphatic hydroxyl groups excluding tert-OH is 1. The number of ether oxygens (including phenoxy) is 1. The molecular formula is C51H60ClFN10O7S. The average molecular weight is 1010 g/mol. The Morgan fingerprint density at radius 2 is 1.76 bits per heavy atom. The number of hydrogen-bond donors (Lipinski definition) is 5. The molecule has 2 aromatic heterocycles. The summed E-state index contributed by atoms with van der Waals surface area (Å²) in [6.07, 6.45) is 2.88. The highest BCUT2D eigenvalue weighted by Crippen LogP contribution is 2.35. The van der Waals surface area contributed by atoms with Gasteiger partial charge in [0.05, 0.1) is 45.0 Å². The van der Waals surface area contributed by atoms with Crippen LogP contribution >= 0.6 is 22.9 Å². The number of carbonyl (C=O) groups excluding carboxylic acids is 5. The lowest BCUT2D eigenvalue weighted by Gasteiger charge is -2.35. The lowest BCUT2D eigenvalue weighted by Crippen LogP contribution is -2.57. The molecule has 0 aliphatic carbocycles. The highest BCUT2D eigenvalue weighted by molar-refractivity contribution is 7.13. The van der Waals surface area contributed by atoms with Crippen LogP contribution in [0.4, 0.5) is 21.6 Å². The van der Waals surface area contributed by atoms with Crippen LogP contribution in [0.2, 0.25) is 5.02 Å². The van der Waals surface area contributed by atoms with Gasteiger partial charge in [-0.15, -0.1) is 11.3 Å². The lowest BCUT2D eigenvalue weighted by molar-refractivity contribution is -0.144. The summed E-state index contributed by atoms with van der Waals surface area (Å²) in [5, 5.41) is 22.9. The van der Waals surface area contributed by atoms with Gasteiger partial charge >= 0.3 is 0 Å². The number of aliphatic hydroxyl groups is 1. The van der Waals surface area contributed by atoms with Crippen LogP contribution in [-0.4, -0.2) is 128 Å². The Hall–Kier alpha value is -6.54. The van der Waals surface area contributed by atoms with Gasteiger partial charge in [0.1, 0.15) is 35.8 Å². The number of anilines is 3. The Kier molecular flexibility index (Phi) is 17.4. The third-order valence-electron chi connectivity index (χ3n) is 12.5. The van der Waals surface area contributed by atoms with Gasteiger partial charge in [0.15, 0.2) is 0 Å². The molecule has 3 aromatic carbocycles. The number of fused-ring (bicyclic) bond motifs is 1. The molecule has 376 valence electrons. The number of benzene rings is 3.